The third-order valence-electron chi connectivity index (χ3n) is 1.06. The Kier molecular flexibility index (Phi) is 2.69. The van der Waals surface area contributed by atoms with Crippen molar-refractivity contribution in [3.63, 3.8) is 0 Å². The molecule has 13 heavy (non-hydrogen) atoms. The average Bonchev–Trinajstić information content (AvgIpc) is 2.00. The summed E-state index contributed by atoms with van der Waals surface area (Å²) in [5, 5.41) is 3.02. The highest BCUT2D eigenvalue weighted by Crippen LogP contribution is 2.13. The van der Waals surface area contributed by atoms with Gasteiger partial charge >= 0.3 is 0 Å². The van der Waals surface area contributed by atoms with E-state index >= 15 is 0 Å². The van der Waals surface area contributed by atoms with Gasteiger partial charge in [0.1, 0.15) is 5.82 Å². The summed E-state index contributed by atoms with van der Waals surface area (Å²) in [5.74, 6) is -0.584. The molecular formula is C6H4FN2O3S-. The van der Waals surface area contributed by atoms with Crippen molar-refractivity contribution in [1.82, 2.24) is 0 Å². The minimum Gasteiger partial charge on any atom is -0.728 e. The SMILES string of the molecule is O=S(=O)([O-])N=Nc1cccc(F)c1. The number of rotatable bonds is 2. The minimum absolute atomic E-state index is 0.0283. The van der Waals surface area contributed by atoms with Crippen LogP contribution < -0.4 is 0 Å². The molecule has 1 rings (SSSR count). The highest BCUT2D eigenvalue weighted by molar-refractivity contribution is 7.84. The Morgan fingerprint density at radius 1 is 1.38 bits per heavy atom. The van der Waals surface area contributed by atoms with Crippen LogP contribution in [0.25, 0.3) is 0 Å². The van der Waals surface area contributed by atoms with Crippen molar-refractivity contribution in [2.75, 3.05) is 0 Å². The van der Waals surface area contributed by atoms with Gasteiger partial charge in [-0.3, -0.25) is 0 Å². The quantitative estimate of drug-likeness (QED) is 0.537. The van der Waals surface area contributed by atoms with E-state index in [-0.39, 0.29) is 5.69 Å². The summed E-state index contributed by atoms with van der Waals surface area (Å²) in [6.07, 6.45) is 0. The van der Waals surface area contributed by atoms with Crippen LogP contribution in [-0.2, 0) is 10.3 Å². The van der Waals surface area contributed by atoms with Crippen molar-refractivity contribution in [3.05, 3.63) is 30.1 Å². The van der Waals surface area contributed by atoms with E-state index in [0.29, 0.717) is 0 Å². The van der Waals surface area contributed by atoms with Crippen LogP contribution >= 0.6 is 0 Å². The van der Waals surface area contributed by atoms with Crippen molar-refractivity contribution >= 4 is 16.0 Å². The van der Waals surface area contributed by atoms with Gasteiger partial charge in [0.25, 0.3) is 0 Å². The van der Waals surface area contributed by atoms with Crippen LogP contribution in [0, 0.1) is 5.82 Å². The molecule has 0 heterocycles. The molecule has 0 bridgehead atoms. The summed E-state index contributed by atoms with van der Waals surface area (Å²) in [6.45, 7) is 0. The summed E-state index contributed by atoms with van der Waals surface area (Å²) in [7, 11) is -4.75. The fourth-order valence-corrected chi connectivity index (χ4v) is 0.830. The molecule has 0 amide bonds. The molecule has 0 spiro atoms. The lowest BCUT2D eigenvalue weighted by Gasteiger charge is -1.96. The van der Waals surface area contributed by atoms with Crippen molar-refractivity contribution in [2.24, 2.45) is 9.63 Å². The number of halogens is 1. The average molecular weight is 203 g/mol. The van der Waals surface area contributed by atoms with E-state index in [1.165, 1.54) is 12.1 Å². The highest BCUT2D eigenvalue weighted by atomic mass is 32.2. The first-order valence-corrected chi connectivity index (χ1v) is 4.48. The lowest BCUT2D eigenvalue weighted by molar-refractivity contribution is 0.462. The predicted molar refractivity (Wildman–Crippen MR) is 40.6 cm³/mol. The third-order valence-corrected chi connectivity index (χ3v) is 1.35. The molecule has 70 valence electrons. The van der Waals surface area contributed by atoms with E-state index < -0.39 is 16.1 Å². The number of nitrogens with zero attached hydrogens (tertiary/aromatic N) is 2. The van der Waals surface area contributed by atoms with Gasteiger partial charge in [-0.05, 0) is 12.1 Å². The van der Waals surface area contributed by atoms with E-state index in [2.05, 4.69) is 9.63 Å². The van der Waals surface area contributed by atoms with Gasteiger partial charge in [0.15, 0.2) is 0 Å². The molecule has 0 radical (unpaired) electrons. The van der Waals surface area contributed by atoms with Crippen LogP contribution in [0.3, 0.4) is 0 Å². The summed E-state index contributed by atoms with van der Waals surface area (Å²) in [4.78, 5) is 0. The first kappa shape index (κ1) is 9.75. The van der Waals surface area contributed by atoms with Crippen molar-refractivity contribution in [2.45, 2.75) is 0 Å². The maximum Gasteiger partial charge on any atom is 0.220 e. The van der Waals surface area contributed by atoms with Gasteiger partial charge in [-0.1, -0.05) is 10.6 Å². The Bertz CT molecular complexity index is 429. The molecular weight excluding hydrogens is 199 g/mol. The van der Waals surface area contributed by atoms with Gasteiger partial charge in [-0.25, -0.2) is 12.8 Å². The Labute approximate surface area is 73.8 Å². The summed E-state index contributed by atoms with van der Waals surface area (Å²) >= 11 is 0. The Morgan fingerprint density at radius 2 is 2.08 bits per heavy atom. The summed E-state index contributed by atoms with van der Waals surface area (Å²) < 4.78 is 44.8. The van der Waals surface area contributed by atoms with Gasteiger partial charge < -0.3 is 4.55 Å². The van der Waals surface area contributed by atoms with Gasteiger partial charge in [0.2, 0.25) is 10.3 Å². The maximum absolute atomic E-state index is 12.5. The maximum atomic E-state index is 12.5. The molecule has 0 N–H and O–H groups in total. The van der Waals surface area contributed by atoms with E-state index in [1.807, 2.05) is 0 Å². The molecule has 0 atom stereocenters. The molecule has 0 aliphatic rings. The molecule has 0 unspecified atom stereocenters. The topological polar surface area (TPSA) is 81.9 Å². The smallest absolute Gasteiger partial charge is 0.220 e. The van der Waals surface area contributed by atoms with Gasteiger partial charge in [0.05, 0.1) is 5.69 Å². The highest BCUT2D eigenvalue weighted by Gasteiger charge is 1.93. The lowest BCUT2D eigenvalue weighted by atomic mass is 10.3. The van der Waals surface area contributed by atoms with Gasteiger partial charge in [0, 0.05) is 6.07 Å². The fraction of sp³-hybridized carbons (Fsp3) is 0. The van der Waals surface area contributed by atoms with E-state index in [9.17, 15) is 17.4 Å². The monoisotopic (exact) mass is 203 g/mol. The zero-order valence-electron chi connectivity index (χ0n) is 6.21. The number of hydrogen-bond acceptors (Lipinski definition) is 4. The molecule has 7 heteroatoms. The van der Waals surface area contributed by atoms with Gasteiger partial charge in [-0.15, -0.1) is 5.11 Å². The molecule has 0 fully saturated rings. The van der Waals surface area contributed by atoms with Crippen LogP contribution in [0.15, 0.2) is 33.9 Å². The molecule has 0 aliphatic heterocycles. The molecule has 0 aromatic heterocycles. The van der Waals surface area contributed by atoms with Crippen LogP contribution in [0.2, 0.25) is 0 Å². The second-order valence-electron chi connectivity index (χ2n) is 2.09. The van der Waals surface area contributed by atoms with E-state index in [0.717, 1.165) is 12.1 Å². The van der Waals surface area contributed by atoms with E-state index in [4.69, 9.17) is 0 Å². The van der Waals surface area contributed by atoms with Crippen LogP contribution in [0.5, 0.6) is 0 Å². The third kappa shape index (κ3) is 3.72. The molecule has 1 aromatic rings. The molecule has 5 nitrogen and oxygen atoms in total. The number of benzene rings is 1. The van der Waals surface area contributed by atoms with Crippen molar-refractivity contribution < 1.29 is 17.4 Å². The van der Waals surface area contributed by atoms with Crippen LogP contribution in [0.4, 0.5) is 10.1 Å². The first-order chi connectivity index (χ1) is 5.97. The normalized spacial score (nSPS) is 12.2. The molecule has 1 aromatic carbocycles. The first-order valence-electron chi connectivity index (χ1n) is 3.12. The molecule has 0 saturated carbocycles. The standard InChI is InChI=1S/C6H5FN2O3S/c7-5-2-1-3-6(4-5)8-9-13(10,11)12/h1-4H,(H,10,11,12)/p-1. The zero-order valence-corrected chi connectivity index (χ0v) is 7.03. The Morgan fingerprint density at radius 3 is 2.62 bits per heavy atom. The van der Waals surface area contributed by atoms with Crippen LogP contribution in [0.1, 0.15) is 0 Å². The van der Waals surface area contributed by atoms with E-state index in [1.54, 1.807) is 0 Å². The number of hydrogen-bond donors (Lipinski definition) is 0. The second kappa shape index (κ2) is 3.58. The largest absolute Gasteiger partial charge is 0.728 e. The fourth-order valence-electron chi connectivity index (χ4n) is 0.635. The zero-order chi connectivity index (χ0) is 9.90. The molecule has 0 saturated heterocycles. The summed E-state index contributed by atoms with van der Waals surface area (Å²) in [6, 6.07) is 4.75. The molecule has 0 aliphatic carbocycles. The van der Waals surface area contributed by atoms with Crippen LogP contribution in [-0.4, -0.2) is 13.0 Å². The van der Waals surface area contributed by atoms with Crippen molar-refractivity contribution in [1.29, 1.82) is 0 Å². The van der Waals surface area contributed by atoms with Gasteiger partial charge in [-0.2, -0.15) is 0 Å². The Hall–Kier alpha value is -1.34. The predicted octanol–water partition coefficient (Wildman–Crippen LogP) is 1.37. The van der Waals surface area contributed by atoms with Crippen molar-refractivity contribution in [3.8, 4) is 0 Å². The minimum atomic E-state index is -4.75. The summed E-state index contributed by atoms with van der Waals surface area (Å²) in [5.41, 5.74) is -0.0283. The lowest BCUT2D eigenvalue weighted by Crippen LogP contribution is -1.88. The second-order valence-corrected chi connectivity index (χ2v) is 3.11. The Balaban J connectivity index is 2.93.